The number of hydrogen-bond donors (Lipinski definition) is 1. The summed E-state index contributed by atoms with van der Waals surface area (Å²) in [7, 11) is 0. The second-order valence-corrected chi connectivity index (χ2v) is 3.85. The smallest absolute Gasteiger partial charge is 0.270 e. The third kappa shape index (κ3) is 2.70. The number of rotatable bonds is 3. The van der Waals surface area contributed by atoms with Gasteiger partial charge in [-0.2, -0.15) is 5.26 Å². The van der Waals surface area contributed by atoms with Crippen molar-refractivity contribution < 1.29 is 13.7 Å². The molecular formula is C13H7F2N3O2. The molecule has 0 radical (unpaired) electrons. The first-order chi connectivity index (χ1) is 9.51. The largest absolute Gasteiger partial charge is 0.352 e. The van der Waals surface area contributed by atoms with Gasteiger partial charge < -0.3 is 5.32 Å². The van der Waals surface area contributed by atoms with Gasteiger partial charge in [0.2, 0.25) is 0 Å². The van der Waals surface area contributed by atoms with Crippen LogP contribution >= 0.6 is 0 Å². The highest BCUT2D eigenvalue weighted by atomic mass is 19.1. The second-order valence-electron chi connectivity index (χ2n) is 3.85. The zero-order valence-corrected chi connectivity index (χ0v) is 9.93. The zero-order valence-electron chi connectivity index (χ0n) is 9.93. The number of nitrogens with zero attached hydrogens (tertiary/aromatic N) is 2. The number of hydrogen-bond acceptors (Lipinski definition) is 4. The van der Waals surface area contributed by atoms with Crippen LogP contribution in [0, 0.1) is 33.1 Å². The average Bonchev–Trinajstić information content (AvgIpc) is 2.43. The molecule has 7 heteroatoms. The number of nitro benzene ring substituents is 1. The number of nitriles is 1. The van der Waals surface area contributed by atoms with Crippen LogP contribution in [0.5, 0.6) is 0 Å². The summed E-state index contributed by atoms with van der Waals surface area (Å²) in [6.07, 6.45) is 0. The molecule has 1 N–H and O–H groups in total. The molecule has 0 atom stereocenters. The fourth-order valence-corrected chi connectivity index (χ4v) is 1.59. The predicted octanol–water partition coefficient (Wildman–Crippen LogP) is 3.49. The Morgan fingerprint density at radius 2 is 1.90 bits per heavy atom. The van der Waals surface area contributed by atoms with E-state index < -0.39 is 16.6 Å². The van der Waals surface area contributed by atoms with E-state index in [1.807, 2.05) is 0 Å². The predicted molar refractivity (Wildman–Crippen MR) is 67.5 cm³/mol. The number of halogens is 2. The number of benzene rings is 2. The molecular weight excluding hydrogens is 268 g/mol. The first kappa shape index (κ1) is 13.4. The van der Waals surface area contributed by atoms with Crippen LogP contribution in [0.15, 0.2) is 36.4 Å². The fraction of sp³-hybridized carbons (Fsp3) is 0. The van der Waals surface area contributed by atoms with Gasteiger partial charge >= 0.3 is 0 Å². The molecule has 0 fully saturated rings. The lowest BCUT2D eigenvalue weighted by Crippen LogP contribution is -1.98. The van der Waals surface area contributed by atoms with Crippen LogP contribution in [-0.2, 0) is 0 Å². The van der Waals surface area contributed by atoms with Gasteiger partial charge in [0.15, 0.2) is 0 Å². The van der Waals surface area contributed by atoms with E-state index in [0.717, 1.165) is 24.3 Å². The Bertz CT molecular complexity index is 726. The Kier molecular flexibility index (Phi) is 3.57. The van der Waals surface area contributed by atoms with Crippen molar-refractivity contribution in [3.63, 3.8) is 0 Å². The van der Waals surface area contributed by atoms with E-state index in [1.165, 1.54) is 12.1 Å². The molecule has 0 aliphatic carbocycles. The van der Waals surface area contributed by atoms with Gasteiger partial charge in [-0.1, -0.05) is 0 Å². The monoisotopic (exact) mass is 275 g/mol. The van der Waals surface area contributed by atoms with Crippen LogP contribution in [0.4, 0.5) is 25.8 Å². The second kappa shape index (κ2) is 5.32. The summed E-state index contributed by atoms with van der Waals surface area (Å²) in [6, 6.07) is 8.08. The van der Waals surface area contributed by atoms with Gasteiger partial charge in [0.05, 0.1) is 21.9 Å². The molecule has 0 saturated heterocycles. The van der Waals surface area contributed by atoms with E-state index in [4.69, 9.17) is 5.26 Å². The SMILES string of the molecule is N#Cc1cc([N+](=O)[O-])ccc1Nc1cc(F)ccc1F. The first-order valence-corrected chi connectivity index (χ1v) is 5.42. The molecule has 0 aliphatic heterocycles. The Balaban J connectivity index is 2.41. The lowest BCUT2D eigenvalue weighted by molar-refractivity contribution is -0.384. The summed E-state index contributed by atoms with van der Waals surface area (Å²) in [5, 5.41) is 22.1. The van der Waals surface area contributed by atoms with Crippen molar-refractivity contribution in [2.24, 2.45) is 0 Å². The summed E-state index contributed by atoms with van der Waals surface area (Å²) in [5.74, 6) is -1.34. The van der Waals surface area contributed by atoms with Crippen LogP contribution in [0.1, 0.15) is 5.56 Å². The van der Waals surface area contributed by atoms with E-state index in [2.05, 4.69) is 5.32 Å². The van der Waals surface area contributed by atoms with Crippen molar-refractivity contribution in [2.75, 3.05) is 5.32 Å². The lowest BCUT2D eigenvalue weighted by Gasteiger charge is -2.09. The van der Waals surface area contributed by atoms with Gasteiger partial charge in [0.25, 0.3) is 5.69 Å². The van der Waals surface area contributed by atoms with Crippen LogP contribution in [0.25, 0.3) is 0 Å². The molecule has 20 heavy (non-hydrogen) atoms. The minimum absolute atomic E-state index is 0.0390. The maximum Gasteiger partial charge on any atom is 0.270 e. The molecule has 2 rings (SSSR count). The van der Waals surface area contributed by atoms with Crippen molar-refractivity contribution in [3.05, 3.63) is 63.7 Å². The quantitative estimate of drug-likeness (QED) is 0.687. The van der Waals surface area contributed by atoms with E-state index >= 15 is 0 Å². The molecule has 0 unspecified atom stereocenters. The standard InChI is InChI=1S/C13H7F2N3O2/c14-9-1-3-11(15)13(6-9)17-12-4-2-10(18(19)20)5-8(12)7-16/h1-6,17H. The molecule has 0 heterocycles. The summed E-state index contributed by atoms with van der Waals surface area (Å²) < 4.78 is 26.5. The van der Waals surface area contributed by atoms with E-state index in [-0.39, 0.29) is 22.6 Å². The van der Waals surface area contributed by atoms with Crippen molar-refractivity contribution in [3.8, 4) is 6.07 Å². The number of anilines is 2. The minimum atomic E-state index is -0.700. The number of nitrogens with one attached hydrogen (secondary N) is 1. The van der Waals surface area contributed by atoms with Crippen LogP contribution in [-0.4, -0.2) is 4.92 Å². The van der Waals surface area contributed by atoms with E-state index in [9.17, 15) is 18.9 Å². The number of non-ortho nitro benzene ring substituents is 1. The normalized spacial score (nSPS) is 9.85. The molecule has 0 bridgehead atoms. The van der Waals surface area contributed by atoms with Crippen molar-refractivity contribution in [1.29, 1.82) is 5.26 Å². The molecule has 0 amide bonds. The lowest BCUT2D eigenvalue weighted by atomic mass is 10.1. The topological polar surface area (TPSA) is 79.0 Å². The highest BCUT2D eigenvalue weighted by Gasteiger charge is 2.12. The van der Waals surface area contributed by atoms with Gasteiger partial charge in [0.1, 0.15) is 17.7 Å². The number of nitro groups is 1. The molecule has 0 saturated carbocycles. The van der Waals surface area contributed by atoms with E-state index in [0.29, 0.717) is 0 Å². The molecule has 2 aromatic carbocycles. The third-order valence-electron chi connectivity index (χ3n) is 2.53. The van der Waals surface area contributed by atoms with Crippen molar-refractivity contribution in [1.82, 2.24) is 0 Å². The third-order valence-corrected chi connectivity index (χ3v) is 2.53. The molecule has 0 aliphatic rings. The maximum absolute atomic E-state index is 13.5. The van der Waals surface area contributed by atoms with Crippen molar-refractivity contribution in [2.45, 2.75) is 0 Å². The van der Waals surface area contributed by atoms with Crippen molar-refractivity contribution >= 4 is 17.1 Å². The van der Waals surface area contributed by atoms with Gasteiger partial charge in [-0.3, -0.25) is 10.1 Å². The molecule has 2 aromatic rings. The molecule has 0 aromatic heterocycles. The Morgan fingerprint density at radius 3 is 2.55 bits per heavy atom. The molecule has 0 spiro atoms. The first-order valence-electron chi connectivity index (χ1n) is 5.42. The Morgan fingerprint density at radius 1 is 1.15 bits per heavy atom. The average molecular weight is 275 g/mol. The van der Waals surface area contributed by atoms with E-state index in [1.54, 1.807) is 6.07 Å². The molecule has 5 nitrogen and oxygen atoms in total. The van der Waals surface area contributed by atoms with Gasteiger partial charge in [-0.05, 0) is 18.2 Å². The fourth-order valence-electron chi connectivity index (χ4n) is 1.59. The highest BCUT2D eigenvalue weighted by Crippen LogP contribution is 2.26. The minimum Gasteiger partial charge on any atom is -0.352 e. The van der Waals surface area contributed by atoms with Crippen LogP contribution in [0.3, 0.4) is 0 Å². The van der Waals surface area contributed by atoms with Gasteiger partial charge in [-0.25, -0.2) is 8.78 Å². The highest BCUT2D eigenvalue weighted by molar-refractivity contribution is 5.68. The van der Waals surface area contributed by atoms with Gasteiger partial charge in [0, 0.05) is 18.2 Å². The Labute approximate surface area is 112 Å². The molecule has 100 valence electrons. The maximum atomic E-state index is 13.5. The van der Waals surface area contributed by atoms with Crippen LogP contribution in [0.2, 0.25) is 0 Å². The summed E-state index contributed by atoms with van der Waals surface area (Å²) in [4.78, 5) is 9.96. The van der Waals surface area contributed by atoms with Gasteiger partial charge in [-0.15, -0.1) is 0 Å². The summed E-state index contributed by atoms with van der Waals surface area (Å²) >= 11 is 0. The van der Waals surface area contributed by atoms with Crippen LogP contribution < -0.4 is 5.32 Å². The summed E-state index contributed by atoms with van der Waals surface area (Å²) in [6.45, 7) is 0. The summed E-state index contributed by atoms with van der Waals surface area (Å²) in [5.41, 5.74) is -0.298. The zero-order chi connectivity index (χ0) is 14.7. The Hall–Kier alpha value is -3.01.